The van der Waals surface area contributed by atoms with Crippen molar-refractivity contribution in [3.63, 3.8) is 0 Å². The zero-order valence-corrected chi connectivity index (χ0v) is 18.1. The standard InChI is InChI=1S/C20H31N7O2/c1-12(2)19(28)26-7-8-27-17(11-26)9-16(24-27)10-21-20(29)22-13(3)18-14(4)23-25(6)15(18)5/h9,12-13H,7-8,10-11H2,1-6H3,(H2,21,22,29)/t13-/m0/s1. The molecule has 0 bridgehead atoms. The third-order valence-corrected chi connectivity index (χ3v) is 5.43. The molecular weight excluding hydrogens is 370 g/mol. The van der Waals surface area contributed by atoms with E-state index in [0.717, 1.165) is 28.3 Å². The van der Waals surface area contributed by atoms with E-state index in [0.29, 0.717) is 26.2 Å². The first kappa shape index (κ1) is 20.9. The molecule has 3 heterocycles. The molecule has 0 spiro atoms. The van der Waals surface area contributed by atoms with Crippen LogP contribution in [-0.2, 0) is 31.5 Å². The Morgan fingerprint density at radius 1 is 1.17 bits per heavy atom. The van der Waals surface area contributed by atoms with Crippen LogP contribution >= 0.6 is 0 Å². The normalized spacial score (nSPS) is 14.7. The van der Waals surface area contributed by atoms with Gasteiger partial charge in [-0.15, -0.1) is 0 Å². The Hall–Kier alpha value is -2.84. The highest BCUT2D eigenvalue weighted by molar-refractivity contribution is 5.78. The zero-order valence-electron chi connectivity index (χ0n) is 18.1. The highest BCUT2D eigenvalue weighted by Crippen LogP contribution is 2.20. The van der Waals surface area contributed by atoms with Crippen molar-refractivity contribution < 1.29 is 9.59 Å². The number of urea groups is 1. The van der Waals surface area contributed by atoms with Gasteiger partial charge in [-0.3, -0.25) is 14.2 Å². The average molecular weight is 402 g/mol. The van der Waals surface area contributed by atoms with Gasteiger partial charge in [0.1, 0.15) is 0 Å². The summed E-state index contributed by atoms with van der Waals surface area (Å²) in [6, 6.07) is 1.57. The van der Waals surface area contributed by atoms with E-state index < -0.39 is 0 Å². The summed E-state index contributed by atoms with van der Waals surface area (Å²) in [6.45, 7) is 12.0. The average Bonchev–Trinajstić information content (AvgIpc) is 3.18. The van der Waals surface area contributed by atoms with E-state index in [4.69, 9.17) is 0 Å². The summed E-state index contributed by atoms with van der Waals surface area (Å²) in [4.78, 5) is 26.4. The Balaban J connectivity index is 1.56. The van der Waals surface area contributed by atoms with Gasteiger partial charge in [-0.1, -0.05) is 13.8 Å². The molecule has 0 unspecified atom stereocenters. The largest absolute Gasteiger partial charge is 0.335 e. The fourth-order valence-electron chi connectivity index (χ4n) is 3.87. The lowest BCUT2D eigenvalue weighted by Crippen LogP contribution is -2.40. The predicted octanol–water partition coefficient (Wildman–Crippen LogP) is 1.79. The van der Waals surface area contributed by atoms with Crippen molar-refractivity contribution in [2.24, 2.45) is 13.0 Å². The van der Waals surface area contributed by atoms with Crippen molar-refractivity contribution in [2.75, 3.05) is 6.54 Å². The van der Waals surface area contributed by atoms with Gasteiger partial charge in [0.25, 0.3) is 0 Å². The van der Waals surface area contributed by atoms with Crippen molar-refractivity contribution in [3.05, 3.63) is 34.4 Å². The maximum atomic E-state index is 12.4. The first-order valence-electron chi connectivity index (χ1n) is 10.1. The minimum absolute atomic E-state index is 0.0108. The summed E-state index contributed by atoms with van der Waals surface area (Å²) in [6.07, 6.45) is 0. The van der Waals surface area contributed by atoms with Crippen LogP contribution in [0.25, 0.3) is 0 Å². The Labute approximate surface area is 171 Å². The SMILES string of the molecule is Cc1nn(C)c(C)c1[C@H](C)NC(=O)NCc1cc2n(n1)CCN(C(=O)C(C)C)C2. The number of rotatable bonds is 5. The van der Waals surface area contributed by atoms with E-state index in [2.05, 4.69) is 20.8 Å². The summed E-state index contributed by atoms with van der Waals surface area (Å²) in [7, 11) is 1.90. The van der Waals surface area contributed by atoms with Crippen molar-refractivity contribution in [3.8, 4) is 0 Å². The van der Waals surface area contributed by atoms with Gasteiger partial charge in [0.15, 0.2) is 0 Å². The molecule has 9 nitrogen and oxygen atoms in total. The van der Waals surface area contributed by atoms with Crippen LogP contribution in [0.1, 0.15) is 55.2 Å². The van der Waals surface area contributed by atoms with Crippen LogP contribution in [0, 0.1) is 19.8 Å². The molecule has 2 aromatic rings. The summed E-state index contributed by atoms with van der Waals surface area (Å²) in [5.74, 6) is 0.148. The second kappa shape index (κ2) is 8.26. The Kier molecular flexibility index (Phi) is 5.95. The number of hydrogen-bond acceptors (Lipinski definition) is 4. The highest BCUT2D eigenvalue weighted by atomic mass is 16.2. The Morgan fingerprint density at radius 2 is 1.90 bits per heavy atom. The molecule has 0 radical (unpaired) electrons. The van der Waals surface area contributed by atoms with E-state index in [-0.39, 0.29) is 23.9 Å². The number of nitrogens with zero attached hydrogens (tertiary/aromatic N) is 5. The van der Waals surface area contributed by atoms with Crippen molar-refractivity contribution in [1.82, 2.24) is 35.1 Å². The van der Waals surface area contributed by atoms with Crippen molar-refractivity contribution >= 4 is 11.9 Å². The van der Waals surface area contributed by atoms with Crippen LogP contribution in [0.15, 0.2) is 6.07 Å². The van der Waals surface area contributed by atoms with Gasteiger partial charge in [0, 0.05) is 30.8 Å². The molecule has 3 rings (SSSR count). The molecular formula is C20H31N7O2. The van der Waals surface area contributed by atoms with Crippen LogP contribution in [0.5, 0.6) is 0 Å². The predicted molar refractivity (Wildman–Crippen MR) is 109 cm³/mol. The Bertz CT molecular complexity index is 912. The lowest BCUT2D eigenvalue weighted by atomic mass is 10.1. The molecule has 0 fully saturated rings. The third kappa shape index (κ3) is 4.44. The van der Waals surface area contributed by atoms with Gasteiger partial charge in [0.05, 0.1) is 42.8 Å². The van der Waals surface area contributed by atoms with E-state index in [1.54, 1.807) is 0 Å². The van der Waals surface area contributed by atoms with Crippen molar-refractivity contribution in [2.45, 2.75) is 60.3 Å². The van der Waals surface area contributed by atoms with E-state index in [1.807, 2.05) is 62.0 Å². The molecule has 9 heteroatoms. The molecule has 1 aliphatic rings. The van der Waals surface area contributed by atoms with Gasteiger partial charge in [-0.05, 0) is 26.8 Å². The number of amides is 3. The molecule has 29 heavy (non-hydrogen) atoms. The minimum Gasteiger partial charge on any atom is -0.335 e. The molecule has 0 aromatic carbocycles. The second-order valence-electron chi connectivity index (χ2n) is 8.02. The second-order valence-corrected chi connectivity index (χ2v) is 8.02. The van der Waals surface area contributed by atoms with Crippen LogP contribution in [0.3, 0.4) is 0 Å². The molecule has 2 N–H and O–H groups in total. The Morgan fingerprint density at radius 3 is 2.52 bits per heavy atom. The first-order chi connectivity index (χ1) is 13.7. The summed E-state index contributed by atoms with van der Waals surface area (Å²) in [5, 5.41) is 14.8. The molecule has 0 saturated heterocycles. The zero-order chi connectivity index (χ0) is 21.3. The van der Waals surface area contributed by atoms with Gasteiger partial charge >= 0.3 is 6.03 Å². The lowest BCUT2D eigenvalue weighted by Gasteiger charge is -2.29. The van der Waals surface area contributed by atoms with Crippen molar-refractivity contribution in [1.29, 1.82) is 0 Å². The first-order valence-corrected chi connectivity index (χ1v) is 10.1. The third-order valence-electron chi connectivity index (χ3n) is 5.43. The summed E-state index contributed by atoms with van der Waals surface area (Å²) in [5.41, 5.74) is 4.78. The van der Waals surface area contributed by atoms with Gasteiger partial charge < -0.3 is 15.5 Å². The maximum Gasteiger partial charge on any atom is 0.315 e. The van der Waals surface area contributed by atoms with Gasteiger partial charge in [-0.2, -0.15) is 10.2 Å². The van der Waals surface area contributed by atoms with E-state index in [9.17, 15) is 9.59 Å². The lowest BCUT2D eigenvalue weighted by molar-refractivity contribution is -0.136. The number of carbonyl (C=O) groups excluding carboxylic acids is 2. The summed E-state index contributed by atoms with van der Waals surface area (Å²) < 4.78 is 3.74. The fourth-order valence-corrected chi connectivity index (χ4v) is 3.87. The molecule has 0 aliphatic carbocycles. The number of aryl methyl sites for hydroxylation is 2. The van der Waals surface area contributed by atoms with Crippen LogP contribution in [-0.4, -0.2) is 42.9 Å². The van der Waals surface area contributed by atoms with Crippen LogP contribution in [0.4, 0.5) is 4.79 Å². The molecule has 158 valence electrons. The molecule has 1 atom stereocenters. The molecule has 0 saturated carbocycles. The molecule has 3 amide bonds. The highest BCUT2D eigenvalue weighted by Gasteiger charge is 2.24. The minimum atomic E-state index is -0.247. The quantitative estimate of drug-likeness (QED) is 0.798. The van der Waals surface area contributed by atoms with Gasteiger partial charge in [0.2, 0.25) is 5.91 Å². The van der Waals surface area contributed by atoms with E-state index in [1.165, 1.54) is 0 Å². The number of aromatic nitrogens is 4. The smallest absolute Gasteiger partial charge is 0.315 e. The number of nitrogens with one attached hydrogen (secondary N) is 2. The fraction of sp³-hybridized carbons (Fsp3) is 0.600. The molecule has 2 aromatic heterocycles. The summed E-state index contributed by atoms with van der Waals surface area (Å²) >= 11 is 0. The number of fused-ring (bicyclic) bond motifs is 1. The van der Waals surface area contributed by atoms with Crippen LogP contribution < -0.4 is 10.6 Å². The number of hydrogen-bond donors (Lipinski definition) is 2. The maximum absolute atomic E-state index is 12.4. The van der Waals surface area contributed by atoms with E-state index >= 15 is 0 Å². The number of carbonyl (C=O) groups is 2. The molecule has 1 aliphatic heterocycles. The van der Waals surface area contributed by atoms with Crippen LogP contribution in [0.2, 0.25) is 0 Å². The monoisotopic (exact) mass is 401 g/mol. The topological polar surface area (TPSA) is 97.1 Å². The van der Waals surface area contributed by atoms with Gasteiger partial charge in [-0.25, -0.2) is 4.79 Å².